The molecule has 6 aromatic heterocycles. The molecule has 16 heteroatoms. The largest absolute Gasteiger partial charge is 0.477 e. The Hall–Kier alpha value is -8.24. The summed E-state index contributed by atoms with van der Waals surface area (Å²) in [4.78, 5) is 47.6. The van der Waals surface area contributed by atoms with Gasteiger partial charge in [-0.2, -0.15) is 15.8 Å². The second-order valence-electron chi connectivity index (χ2n) is 15.0. The Bertz CT molecular complexity index is 3300. The van der Waals surface area contributed by atoms with Crippen LogP contribution in [0.15, 0.2) is 162 Å². The van der Waals surface area contributed by atoms with Gasteiger partial charge in [-0.3, -0.25) is 0 Å². The Kier molecular flexibility index (Phi) is 13.8. The van der Waals surface area contributed by atoms with Crippen molar-refractivity contribution in [1.82, 2.24) is 0 Å². The van der Waals surface area contributed by atoms with Crippen molar-refractivity contribution in [3.8, 4) is 78.8 Å². The first kappa shape index (κ1) is 46.9. The number of benzene rings is 3. The molecule has 0 atom stereocenters. The first-order valence-electron chi connectivity index (χ1n) is 20.7. The van der Waals surface area contributed by atoms with Gasteiger partial charge in [0.2, 0.25) is 0 Å². The number of rotatable bonds is 15. The SMILES string of the molecule is N#C/C(=C/c1ccc(-c2ccc(-c3ccc(N(c4ccc(-c5ccc(-c6ccc(/C=C(\C#N)C(=O)O)s6)s5)cc4)c4ccc(-c5ccc(-c6ccc(/C=C(\C#N)C(=O)O)s6)s5)cc4)cc3)s2)s1)C(=O)O. The van der Waals surface area contributed by atoms with Crippen molar-refractivity contribution in [2.24, 2.45) is 0 Å². The molecule has 3 aromatic carbocycles. The number of hydrogen-bond acceptors (Lipinski definition) is 13. The minimum absolute atomic E-state index is 0.316. The average molecular weight is 1020 g/mol. The average Bonchev–Trinajstić information content (AvgIpc) is 4.24. The predicted octanol–water partition coefficient (Wildman–Crippen LogP) is 15.5. The molecular weight excluding hydrogens is 993 g/mol. The van der Waals surface area contributed by atoms with Gasteiger partial charge in [0, 0.05) is 75.6 Å². The van der Waals surface area contributed by atoms with Crippen molar-refractivity contribution >= 4 is 121 Å². The Morgan fingerprint density at radius 3 is 0.814 bits per heavy atom. The molecule has 70 heavy (non-hydrogen) atoms. The van der Waals surface area contributed by atoms with E-state index in [2.05, 4.69) is 95.9 Å². The summed E-state index contributed by atoms with van der Waals surface area (Å²) < 4.78 is 0. The lowest BCUT2D eigenvalue weighted by Crippen LogP contribution is -2.09. The number of anilines is 3. The number of nitriles is 3. The fraction of sp³-hybridized carbons (Fsp3) is 0. The van der Waals surface area contributed by atoms with Crippen LogP contribution < -0.4 is 4.90 Å². The minimum Gasteiger partial charge on any atom is -0.477 e. The smallest absolute Gasteiger partial charge is 0.346 e. The van der Waals surface area contributed by atoms with E-state index in [1.807, 2.05) is 54.6 Å². The van der Waals surface area contributed by atoms with Crippen LogP contribution in [0.3, 0.4) is 0 Å². The number of carboxylic acid groups (broad SMARTS) is 3. The molecule has 0 radical (unpaired) electrons. The molecule has 0 amide bonds. The van der Waals surface area contributed by atoms with E-state index < -0.39 is 17.9 Å². The lowest BCUT2D eigenvalue weighted by atomic mass is 10.1. The summed E-state index contributed by atoms with van der Waals surface area (Å²) in [6.45, 7) is 0. The van der Waals surface area contributed by atoms with Crippen molar-refractivity contribution in [2.45, 2.75) is 0 Å². The van der Waals surface area contributed by atoms with E-state index in [9.17, 15) is 45.5 Å². The zero-order chi connectivity index (χ0) is 48.9. The van der Waals surface area contributed by atoms with Crippen LogP contribution in [0.2, 0.25) is 0 Å². The molecule has 9 rings (SSSR count). The molecule has 338 valence electrons. The molecule has 0 saturated heterocycles. The summed E-state index contributed by atoms with van der Waals surface area (Å²) in [6, 6.07) is 53.9. The molecule has 6 heterocycles. The molecule has 0 fully saturated rings. The van der Waals surface area contributed by atoms with Gasteiger partial charge in [0.1, 0.15) is 34.9 Å². The van der Waals surface area contributed by atoms with Gasteiger partial charge in [-0.15, -0.1) is 68.0 Å². The van der Waals surface area contributed by atoms with Crippen LogP contribution in [-0.4, -0.2) is 33.2 Å². The van der Waals surface area contributed by atoms with E-state index in [0.717, 1.165) is 77.6 Å². The van der Waals surface area contributed by atoms with Gasteiger partial charge in [0.15, 0.2) is 0 Å². The van der Waals surface area contributed by atoms with Crippen molar-refractivity contribution < 1.29 is 29.7 Å². The quantitative estimate of drug-likeness (QED) is 0.0659. The molecule has 0 spiro atoms. The highest BCUT2D eigenvalue weighted by Gasteiger charge is 2.18. The van der Waals surface area contributed by atoms with Crippen LogP contribution in [0.1, 0.15) is 14.6 Å². The molecule has 0 aliphatic carbocycles. The monoisotopic (exact) mass is 1020 g/mol. The van der Waals surface area contributed by atoms with Crippen molar-refractivity contribution in [1.29, 1.82) is 15.8 Å². The maximum Gasteiger partial charge on any atom is 0.346 e. The fourth-order valence-corrected chi connectivity index (χ4v) is 13.3. The highest BCUT2D eigenvalue weighted by Crippen LogP contribution is 2.44. The number of thiophene rings is 6. The first-order valence-corrected chi connectivity index (χ1v) is 25.6. The molecule has 3 N–H and O–H groups in total. The van der Waals surface area contributed by atoms with E-state index in [0.29, 0.717) is 14.6 Å². The van der Waals surface area contributed by atoms with E-state index in [-0.39, 0.29) is 16.7 Å². The summed E-state index contributed by atoms with van der Waals surface area (Å²) in [5.41, 5.74) is 4.97. The van der Waals surface area contributed by atoms with E-state index >= 15 is 0 Å². The third kappa shape index (κ3) is 10.3. The van der Waals surface area contributed by atoms with Gasteiger partial charge in [0.25, 0.3) is 0 Å². The number of carbonyl (C=O) groups is 3. The third-order valence-electron chi connectivity index (χ3n) is 10.6. The van der Waals surface area contributed by atoms with Crippen LogP contribution in [-0.2, 0) is 14.4 Å². The molecule has 10 nitrogen and oxygen atoms in total. The van der Waals surface area contributed by atoms with Gasteiger partial charge < -0.3 is 20.2 Å². The molecular formula is C54H30N4O6S6. The van der Waals surface area contributed by atoms with E-state index in [1.54, 1.807) is 52.2 Å². The maximum atomic E-state index is 11.4. The number of nitrogens with zero attached hydrogens (tertiary/aromatic N) is 4. The Labute approximate surface area is 424 Å². The van der Waals surface area contributed by atoms with Gasteiger partial charge >= 0.3 is 17.9 Å². The molecule has 0 aliphatic heterocycles. The summed E-state index contributed by atoms with van der Waals surface area (Å²) in [5, 5.41) is 55.5. The van der Waals surface area contributed by atoms with Gasteiger partial charge in [-0.1, -0.05) is 36.4 Å². The van der Waals surface area contributed by atoms with Gasteiger partial charge in [-0.05, 0) is 144 Å². The van der Waals surface area contributed by atoms with Crippen LogP contribution in [0.5, 0.6) is 0 Å². The van der Waals surface area contributed by atoms with E-state index in [1.165, 1.54) is 52.2 Å². The molecule has 0 aliphatic rings. The lowest BCUT2D eigenvalue weighted by molar-refractivity contribution is -0.133. The van der Waals surface area contributed by atoms with Crippen molar-refractivity contribution in [3.05, 3.63) is 177 Å². The zero-order valence-electron chi connectivity index (χ0n) is 35.9. The van der Waals surface area contributed by atoms with Gasteiger partial charge in [0.05, 0.1) is 0 Å². The summed E-state index contributed by atoms with van der Waals surface area (Å²) >= 11 is 9.16. The van der Waals surface area contributed by atoms with Crippen LogP contribution in [0, 0.1) is 34.0 Å². The second kappa shape index (κ2) is 20.5. The lowest BCUT2D eigenvalue weighted by Gasteiger charge is -2.26. The van der Waals surface area contributed by atoms with Crippen LogP contribution in [0.25, 0.3) is 78.8 Å². The summed E-state index contributed by atoms with van der Waals surface area (Å²) in [6.07, 6.45) is 4.16. The highest BCUT2D eigenvalue weighted by molar-refractivity contribution is 7.25. The Morgan fingerprint density at radius 1 is 0.343 bits per heavy atom. The number of hydrogen-bond donors (Lipinski definition) is 3. The van der Waals surface area contributed by atoms with Crippen molar-refractivity contribution in [2.75, 3.05) is 4.90 Å². The van der Waals surface area contributed by atoms with Crippen molar-refractivity contribution in [3.63, 3.8) is 0 Å². The third-order valence-corrected chi connectivity index (χ3v) is 17.7. The zero-order valence-corrected chi connectivity index (χ0v) is 40.8. The predicted molar refractivity (Wildman–Crippen MR) is 285 cm³/mol. The topological polar surface area (TPSA) is 187 Å². The van der Waals surface area contributed by atoms with E-state index in [4.69, 9.17) is 0 Å². The standard InChI is InChI=1S/C54H30N4O6S6/c55-28-34(52(59)60)25-40-13-16-46(65-40)49-22-19-43(68-49)31-1-7-37(8-2-31)58(38-9-3-32(4-10-38)44-20-23-50(69-44)47-17-14-41(66-47)26-35(29-56)53(61)62)39-11-5-33(6-12-39)45-21-24-51(70-45)48-18-15-42(67-48)27-36(30-57)54(63)64/h1-27H,(H,59,60)(H,61,62)(H,63,64)/b34-25-,35-26+,36-27+. The normalized spacial score (nSPS) is 11.7. The Morgan fingerprint density at radius 2 is 0.571 bits per heavy atom. The van der Waals surface area contributed by atoms with Crippen LogP contribution in [0.4, 0.5) is 17.1 Å². The van der Waals surface area contributed by atoms with Crippen LogP contribution >= 0.6 is 68.0 Å². The van der Waals surface area contributed by atoms with Gasteiger partial charge in [-0.25, -0.2) is 14.4 Å². The maximum absolute atomic E-state index is 11.4. The number of aliphatic carboxylic acids is 3. The molecule has 0 unspecified atom stereocenters. The second-order valence-corrected chi connectivity index (χ2v) is 21.6. The molecule has 9 aromatic rings. The Balaban J connectivity index is 0.996. The fourth-order valence-electron chi connectivity index (χ4n) is 7.19. The first-order chi connectivity index (χ1) is 34.0. The molecule has 0 saturated carbocycles. The minimum atomic E-state index is -1.26. The summed E-state index contributed by atoms with van der Waals surface area (Å²) in [5.74, 6) is -3.78. The summed E-state index contributed by atoms with van der Waals surface area (Å²) in [7, 11) is 0. The molecule has 0 bridgehead atoms. The highest BCUT2D eigenvalue weighted by atomic mass is 32.1. The number of carboxylic acids is 3.